The Morgan fingerprint density at radius 2 is 2.17 bits per heavy atom. The molecule has 1 fully saturated rings. The van der Waals surface area contributed by atoms with Crippen LogP contribution in [0.25, 0.3) is 11.5 Å². The predicted octanol–water partition coefficient (Wildman–Crippen LogP) is 2.51. The first-order valence-corrected chi connectivity index (χ1v) is 7.72. The van der Waals surface area contributed by atoms with Crippen molar-refractivity contribution in [3.63, 3.8) is 0 Å². The molecular formula is C16H16N4O4. The molecule has 1 saturated heterocycles. The van der Waals surface area contributed by atoms with Gasteiger partial charge in [-0.15, -0.1) is 0 Å². The zero-order chi connectivity index (χ0) is 16.4. The molecule has 0 N–H and O–H groups in total. The van der Waals surface area contributed by atoms with Crippen molar-refractivity contribution < 1.29 is 18.5 Å². The Bertz CT molecular complexity index is 823. The second-order valence-electron chi connectivity index (χ2n) is 5.56. The van der Waals surface area contributed by atoms with Crippen LogP contribution in [0.4, 0.5) is 0 Å². The highest BCUT2D eigenvalue weighted by atomic mass is 16.5. The lowest BCUT2D eigenvalue weighted by atomic mass is 10.1. The maximum Gasteiger partial charge on any atom is 0.258 e. The third-order valence-electron chi connectivity index (χ3n) is 3.76. The van der Waals surface area contributed by atoms with Crippen LogP contribution in [-0.4, -0.2) is 33.5 Å². The van der Waals surface area contributed by atoms with Gasteiger partial charge in [-0.25, -0.2) is 0 Å². The molecule has 8 heteroatoms. The number of ether oxygens (including phenoxy) is 2. The van der Waals surface area contributed by atoms with Gasteiger partial charge in [0.1, 0.15) is 5.75 Å². The summed E-state index contributed by atoms with van der Waals surface area (Å²) in [5.74, 6) is 3.05. The molecule has 124 valence electrons. The van der Waals surface area contributed by atoms with Crippen molar-refractivity contribution in [2.45, 2.75) is 25.9 Å². The van der Waals surface area contributed by atoms with Crippen molar-refractivity contribution >= 4 is 0 Å². The van der Waals surface area contributed by atoms with Gasteiger partial charge in [0.25, 0.3) is 5.89 Å². The molecule has 0 amide bonds. The second kappa shape index (κ2) is 6.40. The molecule has 1 atom stereocenters. The van der Waals surface area contributed by atoms with Crippen molar-refractivity contribution in [3.8, 4) is 17.2 Å². The normalized spacial score (nSPS) is 17.3. The van der Waals surface area contributed by atoms with Gasteiger partial charge >= 0.3 is 0 Å². The monoisotopic (exact) mass is 328 g/mol. The average molecular weight is 328 g/mol. The Morgan fingerprint density at radius 1 is 1.21 bits per heavy atom. The summed E-state index contributed by atoms with van der Waals surface area (Å²) in [6, 6.07) is 7.45. The van der Waals surface area contributed by atoms with E-state index in [4.69, 9.17) is 18.5 Å². The van der Waals surface area contributed by atoms with Gasteiger partial charge in [0, 0.05) is 25.0 Å². The van der Waals surface area contributed by atoms with Gasteiger partial charge in [-0.2, -0.15) is 9.97 Å². The Hall–Kier alpha value is -2.74. The summed E-state index contributed by atoms with van der Waals surface area (Å²) in [7, 11) is 0. The fourth-order valence-electron chi connectivity index (χ4n) is 2.52. The summed E-state index contributed by atoms with van der Waals surface area (Å²) in [5, 5.41) is 7.86. The van der Waals surface area contributed by atoms with E-state index in [2.05, 4.69) is 20.3 Å². The molecule has 4 rings (SSSR count). The zero-order valence-electron chi connectivity index (χ0n) is 13.1. The van der Waals surface area contributed by atoms with Crippen LogP contribution in [0, 0.1) is 6.92 Å². The van der Waals surface area contributed by atoms with Crippen molar-refractivity contribution in [3.05, 3.63) is 41.8 Å². The molecule has 0 bridgehead atoms. The molecule has 2 aromatic heterocycles. The molecule has 0 aliphatic carbocycles. The summed E-state index contributed by atoms with van der Waals surface area (Å²) in [6.07, 6.45) is 0.923. The second-order valence-corrected chi connectivity index (χ2v) is 5.56. The Morgan fingerprint density at radius 3 is 2.96 bits per heavy atom. The standard InChI is InChI=1S/C16H16N4O4/c1-10-17-14(19-23-10)9-22-13-4-2-3-11(7-13)16-18-15(20-24-16)12-5-6-21-8-12/h2-4,7,12H,5-6,8-9H2,1H3/t12-/m0/s1. The molecular weight excluding hydrogens is 312 g/mol. The van der Waals surface area contributed by atoms with Gasteiger partial charge in [0.2, 0.25) is 11.7 Å². The number of benzene rings is 1. The van der Waals surface area contributed by atoms with Crippen LogP contribution in [0.3, 0.4) is 0 Å². The minimum atomic E-state index is 0.211. The van der Waals surface area contributed by atoms with Gasteiger partial charge in [0.05, 0.1) is 6.61 Å². The van der Waals surface area contributed by atoms with Crippen LogP contribution in [0.15, 0.2) is 33.3 Å². The van der Waals surface area contributed by atoms with Crippen molar-refractivity contribution in [1.29, 1.82) is 0 Å². The minimum Gasteiger partial charge on any atom is -0.485 e. The number of aryl methyl sites for hydroxylation is 1. The van der Waals surface area contributed by atoms with Crippen LogP contribution >= 0.6 is 0 Å². The summed E-state index contributed by atoms with van der Waals surface area (Å²) in [5.41, 5.74) is 0.800. The number of nitrogens with zero attached hydrogens (tertiary/aromatic N) is 4. The van der Waals surface area contributed by atoms with E-state index in [1.54, 1.807) is 6.92 Å². The number of hydrogen-bond acceptors (Lipinski definition) is 8. The van der Waals surface area contributed by atoms with Gasteiger partial charge < -0.3 is 18.5 Å². The predicted molar refractivity (Wildman–Crippen MR) is 81.3 cm³/mol. The smallest absolute Gasteiger partial charge is 0.258 e. The van der Waals surface area contributed by atoms with Crippen LogP contribution in [-0.2, 0) is 11.3 Å². The largest absolute Gasteiger partial charge is 0.485 e. The van der Waals surface area contributed by atoms with E-state index in [0.29, 0.717) is 35.8 Å². The molecule has 8 nitrogen and oxygen atoms in total. The third kappa shape index (κ3) is 3.13. The van der Waals surface area contributed by atoms with Gasteiger partial charge in [-0.1, -0.05) is 16.4 Å². The van der Waals surface area contributed by atoms with Crippen LogP contribution < -0.4 is 4.74 Å². The molecule has 24 heavy (non-hydrogen) atoms. The minimum absolute atomic E-state index is 0.211. The van der Waals surface area contributed by atoms with E-state index >= 15 is 0 Å². The topological polar surface area (TPSA) is 96.3 Å². The molecule has 0 radical (unpaired) electrons. The van der Waals surface area contributed by atoms with Gasteiger partial charge in [0.15, 0.2) is 12.4 Å². The quantitative estimate of drug-likeness (QED) is 0.705. The lowest BCUT2D eigenvalue weighted by Gasteiger charge is -2.04. The highest BCUT2D eigenvalue weighted by Gasteiger charge is 2.23. The van der Waals surface area contributed by atoms with Crippen molar-refractivity contribution in [2.75, 3.05) is 13.2 Å². The SMILES string of the molecule is Cc1nc(COc2cccc(-c3nc([C@H]4CCOC4)no3)c2)no1. The van der Waals surface area contributed by atoms with Crippen molar-refractivity contribution in [2.24, 2.45) is 0 Å². The zero-order valence-corrected chi connectivity index (χ0v) is 13.1. The molecule has 0 unspecified atom stereocenters. The van der Waals surface area contributed by atoms with E-state index in [-0.39, 0.29) is 12.5 Å². The van der Waals surface area contributed by atoms with Crippen molar-refractivity contribution in [1.82, 2.24) is 20.3 Å². The first kappa shape index (κ1) is 14.8. The van der Waals surface area contributed by atoms with E-state index in [1.165, 1.54) is 0 Å². The first-order valence-electron chi connectivity index (χ1n) is 7.72. The summed E-state index contributed by atoms with van der Waals surface area (Å²) in [6.45, 7) is 3.36. The summed E-state index contributed by atoms with van der Waals surface area (Å²) < 4.78 is 21.3. The van der Waals surface area contributed by atoms with Gasteiger partial charge in [-0.05, 0) is 24.6 Å². The molecule has 0 saturated carbocycles. The van der Waals surface area contributed by atoms with Crippen LogP contribution in [0.1, 0.15) is 29.9 Å². The Kier molecular flexibility index (Phi) is 3.96. The maximum atomic E-state index is 5.68. The highest BCUT2D eigenvalue weighted by molar-refractivity contribution is 5.55. The molecule has 3 aromatic rings. The number of rotatable bonds is 5. The lowest BCUT2D eigenvalue weighted by Crippen LogP contribution is -1.99. The van der Waals surface area contributed by atoms with E-state index in [0.717, 1.165) is 18.6 Å². The Labute approximate surface area is 137 Å². The third-order valence-corrected chi connectivity index (χ3v) is 3.76. The number of hydrogen-bond donors (Lipinski definition) is 0. The molecule has 1 aliphatic rings. The molecule has 3 heterocycles. The van der Waals surface area contributed by atoms with E-state index in [1.807, 2.05) is 24.3 Å². The highest BCUT2D eigenvalue weighted by Crippen LogP contribution is 2.27. The van der Waals surface area contributed by atoms with E-state index < -0.39 is 0 Å². The molecule has 1 aliphatic heterocycles. The fraction of sp³-hybridized carbons (Fsp3) is 0.375. The summed E-state index contributed by atoms with van der Waals surface area (Å²) in [4.78, 5) is 8.57. The first-order chi connectivity index (χ1) is 11.8. The van der Waals surface area contributed by atoms with Crippen LogP contribution in [0.5, 0.6) is 5.75 Å². The molecule has 0 spiro atoms. The number of aromatic nitrogens is 4. The lowest BCUT2D eigenvalue weighted by molar-refractivity contribution is 0.192. The maximum absolute atomic E-state index is 5.68. The van der Waals surface area contributed by atoms with E-state index in [9.17, 15) is 0 Å². The van der Waals surface area contributed by atoms with Gasteiger partial charge in [-0.3, -0.25) is 0 Å². The fourth-order valence-corrected chi connectivity index (χ4v) is 2.52. The van der Waals surface area contributed by atoms with Crippen LogP contribution in [0.2, 0.25) is 0 Å². The Balaban J connectivity index is 1.47. The molecule has 1 aromatic carbocycles. The summed E-state index contributed by atoms with van der Waals surface area (Å²) >= 11 is 0. The average Bonchev–Trinajstić information content (AvgIpc) is 3.34.